The second kappa shape index (κ2) is 10.6. The summed E-state index contributed by atoms with van der Waals surface area (Å²) in [6, 6.07) is 7.83. The Hall–Kier alpha value is 0.496. The Balaban J connectivity index is 0.00000106. The van der Waals surface area contributed by atoms with Crippen molar-refractivity contribution in [3.8, 4) is 0 Å². The summed E-state index contributed by atoms with van der Waals surface area (Å²) in [5.74, 6) is -0.803. The molecule has 0 aliphatic carbocycles. The number of carbonyl (C=O) groups is 1. The maximum atomic E-state index is 10.2. The van der Waals surface area contributed by atoms with E-state index in [4.69, 9.17) is 5.11 Å². The van der Waals surface area contributed by atoms with E-state index in [9.17, 15) is 4.79 Å². The van der Waals surface area contributed by atoms with Gasteiger partial charge in [-0.2, -0.15) is 0 Å². The molecule has 0 unspecified atom stereocenters. The van der Waals surface area contributed by atoms with Crippen LogP contribution in [0.5, 0.6) is 0 Å². The van der Waals surface area contributed by atoms with Gasteiger partial charge in [0.2, 0.25) is 0 Å². The maximum absolute atomic E-state index is 10.2. The molecule has 0 saturated carbocycles. The van der Waals surface area contributed by atoms with Crippen molar-refractivity contribution in [2.75, 3.05) is 6.54 Å². The van der Waals surface area contributed by atoms with E-state index in [1.54, 1.807) is 0 Å². The topological polar surface area (TPSA) is 51.4 Å². The second-order valence-corrected chi connectivity index (χ2v) is 3.79. The first-order valence-corrected chi connectivity index (χ1v) is 12.4. The van der Waals surface area contributed by atoms with Gasteiger partial charge in [-0.3, -0.25) is 4.79 Å². The molecule has 1 aromatic carbocycles. The molecule has 91 valence electrons. The number of nitrogens with zero attached hydrogens (tertiary/aromatic N) is 1. The van der Waals surface area contributed by atoms with E-state index in [2.05, 4.69) is 40.9 Å². The van der Waals surface area contributed by atoms with E-state index in [-0.39, 0.29) is 6.42 Å². The van der Waals surface area contributed by atoms with Crippen molar-refractivity contribution in [3.05, 3.63) is 39.6 Å². The number of rotatable bonds is 5. The summed E-state index contributed by atoms with van der Waals surface area (Å²) in [7, 11) is 0. The van der Waals surface area contributed by atoms with Crippen LogP contribution in [0.25, 0.3) is 5.32 Å². The molecule has 0 amide bonds. The molecule has 0 spiro atoms. The predicted molar refractivity (Wildman–Crippen MR) is 72.3 cm³/mol. The molecular weight excluding hydrogens is 563 g/mol. The summed E-state index contributed by atoms with van der Waals surface area (Å²) in [5, 5.41) is 12.5. The van der Waals surface area contributed by atoms with Crippen molar-refractivity contribution in [3.63, 3.8) is 0 Å². The van der Waals surface area contributed by atoms with Gasteiger partial charge in [-0.05, 0) is 12.1 Å². The summed E-state index contributed by atoms with van der Waals surface area (Å²) in [4.78, 5) is 10.2. The number of hydrogen-bond acceptors (Lipinski definition) is 1. The Morgan fingerprint density at radius 3 is 2.75 bits per heavy atom. The molecule has 0 aromatic heterocycles. The first kappa shape index (κ1) is 16.5. The molecule has 1 N–H and O–H groups in total. The fraction of sp³-hybridized carbons (Fsp3) is 0.300. The fourth-order valence-corrected chi connectivity index (χ4v) is 1.46. The standard InChI is InChI=1S/C10H11BrNO2.HI.Os/c11-9-3-1-2-8(6-9)7-12-5-4-10(13)14;;/h1-3,6H,4-5,7H2,(H,13,14);1H;/q-1;;+1/p-1. The van der Waals surface area contributed by atoms with Gasteiger partial charge in [0.25, 0.3) is 0 Å². The summed E-state index contributed by atoms with van der Waals surface area (Å²) in [6.07, 6.45) is 0.105. The van der Waals surface area contributed by atoms with Gasteiger partial charge < -0.3 is 10.4 Å². The molecular formula is C10H11BrINO2Os-. The molecule has 0 radical (unpaired) electrons. The summed E-state index contributed by atoms with van der Waals surface area (Å²) >= 11 is 7.37. The number of benzene rings is 1. The number of hydrogen-bond donors (Lipinski definition) is 1. The van der Waals surface area contributed by atoms with Crippen molar-refractivity contribution in [2.24, 2.45) is 0 Å². The zero-order chi connectivity index (χ0) is 12.4. The number of carboxylic acids is 1. The summed E-state index contributed by atoms with van der Waals surface area (Å²) in [5.41, 5.74) is 1.09. The number of carboxylic acid groups (broad SMARTS) is 1. The van der Waals surface area contributed by atoms with Crippen LogP contribution in [0.2, 0.25) is 0 Å². The van der Waals surface area contributed by atoms with E-state index in [0.29, 0.717) is 13.1 Å². The predicted octanol–water partition coefficient (Wildman–Crippen LogP) is 3.68. The second-order valence-electron chi connectivity index (χ2n) is 2.88. The van der Waals surface area contributed by atoms with E-state index in [1.165, 1.54) is 0 Å². The van der Waals surface area contributed by atoms with Crippen LogP contribution in [0.3, 0.4) is 0 Å². The molecule has 16 heavy (non-hydrogen) atoms. The molecule has 0 aliphatic heterocycles. The Morgan fingerprint density at radius 2 is 2.19 bits per heavy atom. The summed E-state index contributed by atoms with van der Waals surface area (Å²) < 4.78 is 1.02. The fourth-order valence-electron chi connectivity index (χ4n) is 1.02. The van der Waals surface area contributed by atoms with Gasteiger partial charge in [-0.25, -0.2) is 0 Å². The molecule has 0 bridgehead atoms. The molecule has 0 atom stereocenters. The van der Waals surface area contributed by atoms with Gasteiger partial charge in [-0.15, -0.1) is 13.1 Å². The van der Waals surface area contributed by atoms with Gasteiger partial charge in [0.1, 0.15) is 0 Å². The first-order chi connectivity index (χ1) is 7.68. The number of aliphatic carboxylic acids is 1. The SMILES string of the molecule is O=C(O)CC[N-]Cc1cccc(Br)c1.[I][Os]. The molecule has 3 nitrogen and oxygen atoms in total. The van der Waals surface area contributed by atoms with Crippen LogP contribution in [0.4, 0.5) is 0 Å². The Morgan fingerprint density at radius 1 is 1.50 bits per heavy atom. The van der Waals surface area contributed by atoms with Crippen LogP contribution in [0.15, 0.2) is 28.7 Å². The van der Waals surface area contributed by atoms with Gasteiger partial charge in [0.15, 0.2) is 0 Å². The normalized spacial score (nSPS) is 9.19. The van der Waals surface area contributed by atoms with Crippen LogP contribution in [-0.4, -0.2) is 17.6 Å². The zero-order valence-corrected chi connectivity index (χ0v) is 14.6. The van der Waals surface area contributed by atoms with E-state index in [0.717, 1.165) is 10.0 Å². The Labute approximate surface area is 125 Å². The van der Waals surface area contributed by atoms with Crippen LogP contribution < -0.4 is 0 Å². The van der Waals surface area contributed by atoms with Crippen molar-refractivity contribution in [2.45, 2.75) is 13.0 Å². The average Bonchev–Trinajstić information content (AvgIpc) is 2.27. The van der Waals surface area contributed by atoms with Gasteiger partial charge >= 0.3 is 40.7 Å². The molecule has 0 aliphatic rings. The zero-order valence-electron chi connectivity index (χ0n) is 8.34. The third-order valence-electron chi connectivity index (χ3n) is 1.67. The van der Waals surface area contributed by atoms with Crippen molar-refractivity contribution in [1.29, 1.82) is 0 Å². The van der Waals surface area contributed by atoms with Crippen LogP contribution in [0, 0.1) is 0 Å². The molecule has 1 rings (SSSR count). The third-order valence-corrected chi connectivity index (χ3v) is 2.16. The van der Waals surface area contributed by atoms with E-state index < -0.39 is 5.97 Å². The van der Waals surface area contributed by atoms with Crippen molar-refractivity contribution in [1.82, 2.24) is 0 Å². The molecule has 0 heterocycles. The van der Waals surface area contributed by atoms with Gasteiger partial charge in [0.05, 0.1) is 0 Å². The van der Waals surface area contributed by atoms with Crippen LogP contribution in [-0.2, 0) is 26.4 Å². The monoisotopic (exact) mass is 575 g/mol. The Bertz CT molecular complexity index is 325. The number of halogens is 2. The molecule has 6 heteroatoms. The molecule has 1 aromatic rings. The first-order valence-electron chi connectivity index (χ1n) is 4.41. The quantitative estimate of drug-likeness (QED) is 0.432. The van der Waals surface area contributed by atoms with Gasteiger partial charge in [-0.1, -0.05) is 33.6 Å². The van der Waals surface area contributed by atoms with E-state index in [1.807, 2.05) is 39.3 Å². The minimum absolute atomic E-state index is 0.105. The Kier molecular flexibility index (Phi) is 11.0. The third kappa shape index (κ3) is 8.63. The van der Waals surface area contributed by atoms with E-state index >= 15 is 0 Å². The molecule has 0 fully saturated rings. The van der Waals surface area contributed by atoms with Crippen LogP contribution >= 0.6 is 35.6 Å². The minimum atomic E-state index is -0.803. The van der Waals surface area contributed by atoms with Gasteiger partial charge in [0, 0.05) is 10.9 Å². The average molecular weight is 574 g/mol. The van der Waals surface area contributed by atoms with Crippen molar-refractivity contribution >= 4 is 41.6 Å². The van der Waals surface area contributed by atoms with Crippen LogP contribution in [0.1, 0.15) is 12.0 Å². The molecule has 0 saturated heterocycles. The summed E-state index contributed by atoms with van der Waals surface area (Å²) in [6.45, 7) is 0.953. The van der Waals surface area contributed by atoms with Crippen molar-refractivity contribution < 1.29 is 25.0 Å².